The van der Waals surface area contributed by atoms with Crippen LogP contribution >= 0.6 is 27.3 Å². The van der Waals surface area contributed by atoms with Crippen molar-refractivity contribution in [2.24, 2.45) is 0 Å². The second-order valence-electron chi connectivity index (χ2n) is 7.56. The molecular weight excluding hydrogens is 492 g/mol. The summed E-state index contributed by atoms with van der Waals surface area (Å²) in [6, 6.07) is 13.3. The van der Waals surface area contributed by atoms with Gasteiger partial charge < -0.3 is 14.0 Å². The number of hydrogen-bond acceptors (Lipinski definition) is 6. The monoisotopic (exact) mass is 512 g/mol. The van der Waals surface area contributed by atoms with Crippen LogP contribution in [0, 0.1) is 0 Å². The van der Waals surface area contributed by atoms with Crippen LogP contribution in [0.4, 0.5) is 5.13 Å². The van der Waals surface area contributed by atoms with Crippen LogP contribution in [-0.2, 0) is 11.3 Å². The molecule has 2 atom stereocenters. The highest BCUT2D eigenvalue weighted by molar-refractivity contribution is 9.10. The van der Waals surface area contributed by atoms with E-state index in [-0.39, 0.29) is 5.91 Å². The molecule has 0 N–H and O–H groups in total. The van der Waals surface area contributed by atoms with Gasteiger partial charge in [0.2, 0.25) is 6.10 Å². The number of amides is 1. The number of anilines is 1. The Bertz CT molecular complexity index is 1240. The molecule has 0 aliphatic carbocycles. The molecule has 1 aliphatic rings. The molecule has 0 saturated carbocycles. The number of rotatable bonds is 6. The van der Waals surface area contributed by atoms with Gasteiger partial charge in [0.15, 0.2) is 16.6 Å². The van der Waals surface area contributed by atoms with Crippen molar-refractivity contribution in [3.63, 3.8) is 0 Å². The van der Waals surface area contributed by atoms with Crippen molar-refractivity contribution in [2.45, 2.75) is 32.1 Å². The van der Waals surface area contributed by atoms with Crippen molar-refractivity contribution in [1.82, 2.24) is 14.5 Å². The Morgan fingerprint density at radius 2 is 2.03 bits per heavy atom. The number of thiazole rings is 1. The van der Waals surface area contributed by atoms with Crippen LogP contribution < -0.4 is 14.4 Å². The Kier molecular flexibility index (Phi) is 5.84. The summed E-state index contributed by atoms with van der Waals surface area (Å²) in [7, 11) is 0. The summed E-state index contributed by atoms with van der Waals surface area (Å²) in [5, 5.41) is 0.656. The molecule has 3 heterocycles. The van der Waals surface area contributed by atoms with E-state index in [1.165, 1.54) is 11.3 Å². The van der Waals surface area contributed by atoms with Crippen molar-refractivity contribution in [1.29, 1.82) is 0 Å². The van der Waals surface area contributed by atoms with Crippen LogP contribution in [0.15, 0.2) is 65.7 Å². The van der Waals surface area contributed by atoms with Gasteiger partial charge in [-0.3, -0.25) is 9.69 Å². The van der Waals surface area contributed by atoms with Gasteiger partial charge >= 0.3 is 0 Å². The first kappa shape index (κ1) is 21.0. The quantitative estimate of drug-likeness (QED) is 0.367. The lowest BCUT2D eigenvalue weighted by molar-refractivity contribution is -0.130. The highest BCUT2D eigenvalue weighted by Crippen LogP contribution is 2.36. The highest BCUT2D eigenvalue weighted by atomic mass is 79.9. The van der Waals surface area contributed by atoms with Crippen LogP contribution in [0.25, 0.3) is 10.2 Å². The van der Waals surface area contributed by atoms with Crippen molar-refractivity contribution < 1.29 is 14.3 Å². The molecule has 0 fully saturated rings. The van der Waals surface area contributed by atoms with Crippen LogP contribution in [0.2, 0.25) is 0 Å². The molecule has 0 spiro atoms. The molecular formula is C23H21BrN4O3S. The SMILES string of the molecule is CC1Oc2ccccc2OC1C(=O)N(CCCn1ccnc1)c1nc2ccc(Br)cc2s1. The number of imidazole rings is 1. The van der Waals surface area contributed by atoms with Gasteiger partial charge in [-0.15, -0.1) is 0 Å². The summed E-state index contributed by atoms with van der Waals surface area (Å²) in [6.45, 7) is 3.12. The molecule has 0 bridgehead atoms. The molecule has 164 valence electrons. The van der Waals surface area contributed by atoms with Crippen molar-refractivity contribution in [3.05, 3.63) is 65.7 Å². The van der Waals surface area contributed by atoms with E-state index in [9.17, 15) is 4.79 Å². The first-order valence-corrected chi connectivity index (χ1v) is 11.9. The third-order valence-electron chi connectivity index (χ3n) is 5.28. The minimum Gasteiger partial charge on any atom is -0.482 e. The van der Waals surface area contributed by atoms with Crippen molar-refractivity contribution >= 4 is 48.5 Å². The van der Waals surface area contributed by atoms with E-state index < -0.39 is 12.2 Å². The number of halogens is 1. The lowest BCUT2D eigenvalue weighted by Gasteiger charge is -2.33. The molecule has 1 amide bonds. The van der Waals surface area contributed by atoms with E-state index in [1.807, 2.05) is 60.2 Å². The Labute approximate surface area is 197 Å². The van der Waals surface area contributed by atoms with Crippen LogP contribution in [-0.4, -0.2) is 39.2 Å². The second-order valence-corrected chi connectivity index (χ2v) is 9.49. The van der Waals surface area contributed by atoms with Gasteiger partial charge in [-0.1, -0.05) is 39.4 Å². The fourth-order valence-electron chi connectivity index (χ4n) is 3.68. The topological polar surface area (TPSA) is 69.5 Å². The van der Waals surface area contributed by atoms with E-state index >= 15 is 0 Å². The fourth-order valence-corrected chi connectivity index (χ4v) is 5.23. The van der Waals surface area contributed by atoms with E-state index in [1.54, 1.807) is 17.4 Å². The first-order valence-electron chi connectivity index (χ1n) is 10.3. The molecule has 1 aliphatic heterocycles. The molecule has 32 heavy (non-hydrogen) atoms. The van der Waals surface area contributed by atoms with Gasteiger partial charge in [-0.05, 0) is 43.7 Å². The molecule has 4 aromatic rings. The average molecular weight is 513 g/mol. The molecule has 5 rings (SSSR count). The molecule has 0 radical (unpaired) electrons. The average Bonchev–Trinajstić information content (AvgIpc) is 3.45. The number of aromatic nitrogens is 3. The number of carbonyl (C=O) groups excluding carboxylic acids is 1. The van der Waals surface area contributed by atoms with Crippen molar-refractivity contribution in [2.75, 3.05) is 11.4 Å². The zero-order valence-corrected chi connectivity index (χ0v) is 19.8. The minimum atomic E-state index is -0.753. The van der Waals surface area contributed by atoms with E-state index in [0.717, 1.165) is 27.7 Å². The van der Waals surface area contributed by atoms with Gasteiger partial charge in [0.1, 0.15) is 6.10 Å². The predicted octanol–water partition coefficient (Wildman–Crippen LogP) is 4.91. The maximum atomic E-state index is 13.7. The van der Waals surface area contributed by atoms with Crippen LogP contribution in [0.3, 0.4) is 0 Å². The second kappa shape index (κ2) is 8.91. The molecule has 9 heteroatoms. The molecule has 2 aromatic carbocycles. The molecule has 2 aromatic heterocycles. The Morgan fingerprint density at radius 3 is 2.81 bits per heavy atom. The Morgan fingerprint density at radius 1 is 1.22 bits per heavy atom. The number of ether oxygens (including phenoxy) is 2. The highest BCUT2D eigenvalue weighted by Gasteiger charge is 2.38. The van der Waals surface area contributed by atoms with Gasteiger partial charge in [-0.25, -0.2) is 9.97 Å². The normalized spacial score (nSPS) is 17.4. The van der Waals surface area contributed by atoms with E-state index in [2.05, 4.69) is 20.9 Å². The summed E-state index contributed by atoms with van der Waals surface area (Å²) in [5.74, 6) is 1.08. The summed E-state index contributed by atoms with van der Waals surface area (Å²) in [4.78, 5) is 24.3. The summed E-state index contributed by atoms with van der Waals surface area (Å²) < 4.78 is 16.1. The lowest BCUT2D eigenvalue weighted by Crippen LogP contribution is -2.51. The van der Waals surface area contributed by atoms with E-state index in [4.69, 9.17) is 14.5 Å². The Balaban J connectivity index is 1.43. The van der Waals surface area contributed by atoms with Gasteiger partial charge in [-0.2, -0.15) is 0 Å². The number of aryl methyl sites for hydroxylation is 1. The smallest absolute Gasteiger partial charge is 0.273 e. The third kappa shape index (κ3) is 4.22. The number of nitrogens with zero attached hydrogens (tertiary/aromatic N) is 4. The number of hydrogen-bond donors (Lipinski definition) is 0. The maximum Gasteiger partial charge on any atom is 0.273 e. The maximum absolute atomic E-state index is 13.7. The number of benzene rings is 2. The lowest BCUT2D eigenvalue weighted by atomic mass is 10.1. The zero-order valence-electron chi connectivity index (χ0n) is 17.3. The van der Waals surface area contributed by atoms with Gasteiger partial charge in [0.05, 0.1) is 16.5 Å². The standard InChI is InChI=1S/C23H21BrN4O3S/c1-15-21(31-19-6-3-2-5-18(19)30-15)22(29)28(11-4-10-27-12-9-25-14-27)23-26-17-8-7-16(24)13-20(17)32-23/h2-3,5-9,12-15,21H,4,10-11H2,1H3. The fraction of sp³-hybridized carbons (Fsp3) is 0.261. The first-order chi connectivity index (χ1) is 15.6. The number of carbonyl (C=O) groups is 1. The molecule has 0 saturated heterocycles. The summed E-state index contributed by atoms with van der Waals surface area (Å²) in [6.07, 6.45) is 5.02. The van der Waals surface area contributed by atoms with Gasteiger partial charge in [0, 0.05) is 30.0 Å². The number of para-hydroxylation sites is 2. The Hall–Kier alpha value is -2.91. The third-order valence-corrected chi connectivity index (χ3v) is 6.81. The zero-order chi connectivity index (χ0) is 22.1. The van der Waals surface area contributed by atoms with E-state index in [0.29, 0.717) is 23.2 Å². The van der Waals surface area contributed by atoms with Crippen LogP contribution in [0.1, 0.15) is 13.3 Å². The summed E-state index contributed by atoms with van der Waals surface area (Å²) >= 11 is 5.01. The number of fused-ring (bicyclic) bond motifs is 2. The predicted molar refractivity (Wildman–Crippen MR) is 127 cm³/mol. The van der Waals surface area contributed by atoms with Gasteiger partial charge in [0.25, 0.3) is 5.91 Å². The summed E-state index contributed by atoms with van der Waals surface area (Å²) in [5.41, 5.74) is 0.861. The molecule has 2 unspecified atom stereocenters. The van der Waals surface area contributed by atoms with Crippen molar-refractivity contribution in [3.8, 4) is 11.5 Å². The van der Waals surface area contributed by atoms with Crippen LogP contribution in [0.5, 0.6) is 11.5 Å². The largest absolute Gasteiger partial charge is 0.482 e. The molecule has 7 nitrogen and oxygen atoms in total. The minimum absolute atomic E-state index is 0.157.